The van der Waals surface area contributed by atoms with Gasteiger partial charge in [-0.1, -0.05) is 79.7 Å². The second kappa shape index (κ2) is 15.8. The number of rotatable bonds is 12. The molecule has 2 heterocycles. The number of hydrogen-bond donors (Lipinski definition) is 3. The van der Waals surface area contributed by atoms with Crippen LogP contribution < -0.4 is 10.6 Å². The van der Waals surface area contributed by atoms with Crippen LogP contribution in [0.15, 0.2) is 97.2 Å². The number of urea groups is 1. The van der Waals surface area contributed by atoms with E-state index in [1.165, 1.54) is 0 Å². The van der Waals surface area contributed by atoms with E-state index in [1.54, 1.807) is 0 Å². The summed E-state index contributed by atoms with van der Waals surface area (Å²) in [6.45, 7) is 6.77. The third-order valence-corrected chi connectivity index (χ3v) is 8.32. The number of carbonyl (C=O) groups is 1. The first-order valence-corrected chi connectivity index (χ1v) is 15.7. The maximum Gasteiger partial charge on any atom is 0.315 e. The van der Waals surface area contributed by atoms with Gasteiger partial charge in [-0.05, 0) is 60.0 Å². The minimum atomic E-state index is -0.528. The molecule has 8 nitrogen and oxygen atoms in total. The van der Waals surface area contributed by atoms with Crippen LogP contribution in [-0.4, -0.2) is 53.8 Å². The number of pyridine rings is 1. The number of amides is 2. The van der Waals surface area contributed by atoms with Gasteiger partial charge in [0.05, 0.1) is 18.8 Å². The van der Waals surface area contributed by atoms with Crippen molar-refractivity contribution < 1.29 is 19.4 Å². The molecule has 4 unspecified atom stereocenters. The summed E-state index contributed by atoms with van der Waals surface area (Å²) in [6.07, 6.45) is 1.95. The highest BCUT2D eigenvalue weighted by atomic mass is 16.7. The smallest absolute Gasteiger partial charge is 0.315 e. The number of nitrogens with one attached hydrogen (secondary N) is 2. The molecule has 236 valence electrons. The monoisotopic (exact) mass is 608 g/mol. The minimum absolute atomic E-state index is 0.0107. The summed E-state index contributed by atoms with van der Waals surface area (Å²) in [4.78, 5) is 18.6. The average molecular weight is 609 g/mol. The summed E-state index contributed by atoms with van der Waals surface area (Å²) < 4.78 is 13.3. The van der Waals surface area contributed by atoms with Gasteiger partial charge in [0.1, 0.15) is 0 Å². The molecule has 3 N–H and O–H groups in total. The first-order chi connectivity index (χ1) is 21.9. The Kier molecular flexibility index (Phi) is 11.3. The van der Waals surface area contributed by atoms with Gasteiger partial charge in [0, 0.05) is 56.0 Å². The largest absolute Gasteiger partial charge is 0.392 e. The molecule has 0 bridgehead atoms. The van der Waals surface area contributed by atoms with Gasteiger partial charge in [0.2, 0.25) is 0 Å². The summed E-state index contributed by atoms with van der Waals surface area (Å²) in [5.41, 5.74) is 7.16. The van der Waals surface area contributed by atoms with Crippen molar-refractivity contribution in [2.24, 2.45) is 5.92 Å². The second-order valence-electron chi connectivity index (χ2n) is 11.7. The standard InChI is InChI=1S/C37H44N4O4/c1-4-38-37(43)40-23-28-8-7-9-32(22-28)29-15-17-31(18-16-29)36-44-34(24-41(3)21-19-33-10-5-6-20-39-33)26(2)35(45-36)30-13-11-27(25-42)12-14-30/h5-18,20,22,26,34-36,42H,4,19,21,23-25H2,1-3H3,(H2,38,40,43). The zero-order valence-corrected chi connectivity index (χ0v) is 26.4. The van der Waals surface area contributed by atoms with Crippen LogP contribution >= 0.6 is 0 Å². The lowest BCUT2D eigenvalue weighted by molar-refractivity contribution is -0.275. The fourth-order valence-electron chi connectivity index (χ4n) is 5.68. The number of carbonyl (C=O) groups excluding carboxylic acids is 1. The zero-order chi connectivity index (χ0) is 31.6. The van der Waals surface area contributed by atoms with E-state index in [4.69, 9.17) is 9.47 Å². The van der Waals surface area contributed by atoms with E-state index in [2.05, 4.69) is 77.0 Å². The molecule has 45 heavy (non-hydrogen) atoms. The number of ether oxygens (including phenoxy) is 2. The number of aliphatic hydroxyl groups excluding tert-OH is 1. The third-order valence-electron chi connectivity index (χ3n) is 8.32. The van der Waals surface area contributed by atoms with Crippen LogP contribution in [0.3, 0.4) is 0 Å². The minimum Gasteiger partial charge on any atom is -0.392 e. The molecule has 0 spiro atoms. The van der Waals surface area contributed by atoms with Crippen molar-refractivity contribution in [2.75, 3.05) is 26.7 Å². The molecule has 5 rings (SSSR count). The van der Waals surface area contributed by atoms with Crippen molar-refractivity contribution in [3.63, 3.8) is 0 Å². The Morgan fingerprint density at radius 1 is 0.889 bits per heavy atom. The molecule has 1 aromatic heterocycles. The first-order valence-electron chi connectivity index (χ1n) is 15.7. The molecule has 1 fully saturated rings. The molecule has 1 saturated heterocycles. The van der Waals surface area contributed by atoms with E-state index in [0.717, 1.165) is 58.6 Å². The molecule has 3 aromatic carbocycles. The molecule has 2 amide bonds. The fraction of sp³-hybridized carbons (Fsp3) is 0.351. The molecular formula is C37H44N4O4. The highest BCUT2D eigenvalue weighted by Gasteiger charge is 2.38. The van der Waals surface area contributed by atoms with Gasteiger partial charge in [-0.15, -0.1) is 0 Å². The fourth-order valence-corrected chi connectivity index (χ4v) is 5.68. The van der Waals surface area contributed by atoms with Crippen LogP contribution in [0.25, 0.3) is 11.1 Å². The van der Waals surface area contributed by atoms with Crippen molar-refractivity contribution in [3.05, 3.63) is 125 Å². The van der Waals surface area contributed by atoms with Crippen LogP contribution in [0, 0.1) is 5.92 Å². The molecule has 1 aliphatic rings. The summed E-state index contributed by atoms with van der Waals surface area (Å²) in [6, 6.07) is 30.4. The Balaban J connectivity index is 1.31. The van der Waals surface area contributed by atoms with Gasteiger partial charge < -0.3 is 30.1 Å². The van der Waals surface area contributed by atoms with E-state index >= 15 is 0 Å². The van der Waals surface area contributed by atoms with E-state index in [0.29, 0.717) is 13.1 Å². The van der Waals surface area contributed by atoms with Crippen molar-refractivity contribution >= 4 is 6.03 Å². The lowest BCUT2D eigenvalue weighted by Crippen LogP contribution is -2.43. The summed E-state index contributed by atoms with van der Waals surface area (Å²) in [5.74, 6) is 0.105. The number of hydrogen-bond acceptors (Lipinski definition) is 6. The van der Waals surface area contributed by atoms with E-state index in [1.807, 2.05) is 61.7 Å². The zero-order valence-electron chi connectivity index (χ0n) is 26.4. The highest BCUT2D eigenvalue weighted by molar-refractivity contribution is 5.73. The molecule has 0 radical (unpaired) electrons. The van der Waals surface area contributed by atoms with E-state index < -0.39 is 6.29 Å². The van der Waals surface area contributed by atoms with Crippen molar-refractivity contribution in [3.8, 4) is 11.1 Å². The first kappa shape index (κ1) is 32.3. The molecular weight excluding hydrogens is 564 g/mol. The van der Waals surface area contributed by atoms with Gasteiger partial charge in [0.25, 0.3) is 0 Å². The predicted molar refractivity (Wildman–Crippen MR) is 176 cm³/mol. The van der Waals surface area contributed by atoms with Crippen LogP contribution in [0.4, 0.5) is 4.79 Å². The van der Waals surface area contributed by atoms with Gasteiger partial charge in [0.15, 0.2) is 6.29 Å². The second-order valence-corrected chi connectivity index (χ2v) is 11.7. The number of nitrogens with zero attached hydrogens (tertiary/aromatic N) is 2. The summed E-state index contributed by atoms with van der Waals surface area (Å²) in [7, 11) is 2.13. The third kappa shape index (κ3) is 8.77. The number of aliphatic hydroxyl groups is 1. The van der Waals surface area contributed by atoms with Gasteiger partial charge >= 0.3 is 6.03 Å². The quantitative estimate of drug-likeness (QED) is 0.182. The number of likely N-dealkylation sites (N-methyl/N-ethyl adjacent to an activating group) is 1. The Bertz CT molecular complexity index is 1500. The van der Waals surface area contributed by atoms with Crippen molar-refractivity contribution in [2.45, 2.75) is 51.9 Å². The Labute approximate surface area is 266 Å². The molecule has 8 heteroatoms. The van der Waals surface area contributed by atoms with Gasteiger partial charge in [-0.2, -0.15) is 0 Å². The number of benzene rings is 3. The van der Waals surface area contributed by atoms with Crippen molar-refractivity contribution in [1.29, 1.82) is 0 Å². The van der Waals surface area contributed by atoms with Crippen LogP contribution in [0.1, 0.15) is 54.2 Å². The molecule has 1 aliphatic heterocycles. The molecule has 4 atom stereocenters. The van der Waals surface area contributed by atoms with Crippen LogP contribution in [0.5, 0.6) is 0 Å². The highest BCUT2D eigenvalue weighted by Crippen LogP contribution is 2.42. The maximum atomic E-state index is 11.8. The van der Waals surface area contributed by atoms with Gasteiger partial charge in [-0.25, -0.2) is 4.79 Å². The summed E-state index contributed by atoms with van der Waals surface area (Å²) in [5, 5.41) is 15.2. The maximum absolute atomic E-state index is 11.8. The Hall–Kier alpha value is -4.08. The normalized spacial score (nSPS) is 19.8. The van der Waals surface area contributed by atoms with Crippen LogP contribution in [0.2, 0.25) is 0 Å². The number of aromatic nitrogens is 1. The SMILES string of the molecule is CCNC(=O)NCc1cccc(-c2ccc(C3OC(CN(C)CCc4ccccn4)C(C)C(c4ccc(CO)cc4)O3)cc2)c1. The van der Waals surface area contributed by atoms with Crippen LogP contribution in [-0.2, 0) is 29.0 Å². The molecule has 0 saturated carbocycles. The lowest BCUT2D eigenvalue weighted by Gasteiger charge is -2.42. The predicted octanol–water partition coefficient (Wildman–Crippen LogP) is 6.03. The van der Waals surface area contributed by atoms with E-state index in [-0.39, 0.29) is 30.8 Å². The average Bonchev–Trinajstić information content (AvgIpc) is 3.08. The van der Waals surface area contributed by atoms with Crippen molar-refractivity contribution in [1.82, 2.24) is 20.5 Å². The topological polar surface area (TPSA) is 96.0 Å². The van der Waals surface area contributed by atoms with E-state index in [9.17, 15) is 9.90 Å². The summed E-state index contributed by atoms with van der Waals surface area (Å²) >= 11 is 0. The lowest BCUT2D eigenvalue weighted by atomic mass is 9.90. The van der Waals surface area contributed by atoms with Gasteiger partial charge in [-0.3, -0.25) is 4.98 Å². The molecule has 4 aromatic rings. The molecule has 0 aliphatic carbocycles. The Morgan fingerprint density at radius 3 is 2.38 bits per heavy atom. The Morgan fingerprint density at radius 2 is 1.67 bits per heavy atom.